The van der Waals surface area contributed by atoms with E-state index in [4.69, 9.17) is 4.74 Å². The van der Waals surface area contributed by atoms with Crippen molar-refractivity contribution in [1.29, 1.82) is 0 Å². The number of hydrogen-bond acceptors (Lipinski definition) is 3. The van der Waals surface area contributed by atoms with Crippen molar-refractivity contribution in [3.63, 3.8) is 0 Å². The molecule has 0 aromatic heterocycles. The fraction of sp³-hybridized carbons (Fsp3) is 0.133. The number of aldehydes is 1. The zero-order chi connectivity index (χ0) is 15.3. The van der Waals surface area contributed by atoms with Crippen molar-refractivity contribution in [2.24, 2.45) is 0 Å². The summed E-state index contributed by atoms with van der Waals surface area (Å²) in [5.74, 6) is -0.767. The van der Waals surface area contributed by atoms with Crippen LogP contribution < -0.4 is 9.47 Å². The number of hydrogen-bond donors (Lipinski definition) is 0. The molecule has 0 atom stereocenters. The number of para-hydroxylation sites is 1. The van der Waals surface area contributed by atoms with Crippen LogP contribution in [0.2, 0.25) is 0 Å². The number of alkyl halides is 3. The quantitative estimate of drug-likeness (QED) is 0.783. The maximum atomic E-state index is 12.4. The Morgan fingerprint density at radius 2 is 1.71 bits per heavy atom. The standard InChI is InChI=1S/C15H11F3O3/c16-15(17,18)21-13-8-4-7-12(9-19)14(13)20-10-11-5-2-1-3-6-11/h1-9H,10H2. The van der Waals surface area contributed by atoms with E-state index in [0.717, 1.165) is 11.6 Å². The predicted molar refractivity (Wildman–Crippen MR) is 69.3 cm³/mol. The van der Waals surface area contributed by atoms with E-state index in [0.29, 0.717) is 6.29 Å². The van der Waals surface area contributed by atoms with Crippen LogP contribution in [0, 0.1) is 0 Å². The number of rotatable bonds is 5. The lowest BCUT2D eigenvalue weighted by molar-refractivity contribution is -0.275. The Bertz CT molecular complexity index is 609. The molecule has 0 aliphatic rings. The second-order valence-electron chi connectivity index (χ2n) is 4.11. The Morgan fingerprint density at radius 3 is 2.33 bits per heavy atom. The summed E-state index contributed by atoms with van der Waals surface area (Å²) < 4.78 is 46.3. The summed E-state index contributed by atoms with van der Waals surface area (Å²) in [4.78, 5) is 10.9. The number of benzene rings is 2. The summed E-state index contributed by atoms with van der Waals surface area (Å²) in [7, 11) is 0. The largest absolute Gasteiger partial charge is 0.573 e. The van der Waals surface area contributed by atoms with E-state index in [2.05, 4.69) is 4.74 Å². The molecule has 0 fully saturated rings. The van der Waals surface area contributed by atoms with Gasteiger partial charge >= 0.3 is 6.36 Å². The van der Waals surface area contributed by atoms with Gasteiger partial charge in [-0.15, -0.1) is 13.2 Å². The highest BCUT2D eigenvalue weighted by atomic mass is 19.4. The molecule has 0 spiro atoms. The smallest absolute Gasteiger partial charge is 0.484 e. The number of carbonyl (C=O) groups excluding carboxylic acids is 1. The van der Waals surface area contributed by atoms with Gasteiger partial charge in [-0.3, -0.25) is 4.79 Å². The molecule has 2 aromatic carbocycles. The highest BCUT2D eigenvalue weighted by Crippen LogP contribution is 2.35. The van der Waals surface area contributed by atoms with Gasteiger partial charge in [-0.25, -0.2) is 0 Å². The van der Waals surface area contributed by atoms with Crippen molar-refractivity contribution in [1.82, 2.24) is 0 Å². The van der Waals surface area contributed by atoms with Crippen LogP contribution in [-0.4, -0.2) is 12.6 Å². The van der Waals surface area contributed by atoms with Crippen LogP contribution in [0.5, 0.6) is 11.5 Å². The van der Waals surface area contributed by atoms with Gasteiger partial charge in [-0.05, 0) is 17.7 Å². The highest BCUT2D eigenvalue weighted by molar-refractivity contribution is 5.81. The van der Waals surface area contributed by atoms with Gasteiger partial charge in [0, 0.05) is 0 Å². The maximum Gasteiger partial charge on any atom is 0.573 e. The van der Waals surface area contributed by atoms with Crippen molar-refractivity contribution in [3.8, 4) is 11.5 Å². The van der Waals surface area contributed by atoms with E-state index in [-0.39, 0.29) is 17.9 Å². The molecule has 21 heavy (non-hydrogen) atoms. The minimum Gasteiger partial charge on any atom is -0.484 e. The third-order valence-corrected chi connectivity index (χ3v) is 2.59. The molecule has 6 heteroatoms. The molecule has 0 aliphatic carbocycles. The molecule has 0 unspecified atom stereocenters. The summed E-state index contributed by atoms with van der Waals surface area (Å²) in [6, 6.07) is 12.6. The molecule has 110 valence electrons. The van der Waals surface area contributed by atoms with Crippen molar-refractivity contribution in [2.75, 3.05) is 0 Å². The topological polar surface area (TPSA) is 35.5 Å². The van der Waals surface area contributed by atoms with Crippen LogP contribution >= 0.6 is 0 Å². The average molecular weight is 296 g/mol. The molecular formula is C15H11F3O3. The Hall–Kier alpha value is -2.50. The Kier molecular flexibility index (Phi) is 4.47. The summed E-state index contributed by atoms with van der Waals surface area (Å²) in [6.07, 6.45) is -4.43. The molecule has 0 aliphatic heterocycles. The average Bonchev–Trinajstić information content (AvgIpc) is 2.45. The molecule has 0 N–H and O–H groups in total. The van der Waals surface area contributed by atoms with E-state index < -0.39 is 12.1 Å². The third-order valence-electron chi connectivity index (χ3n) is 2.59. The van der Waals surface area contributed by atoms with Crippen LogP contribution in [0.3, 0.4) is 0 Å². The number of ether oxygens (including phenoxy) is 2. The SMILES string of the molecule is O=Cc1cccc(OC(F)(F)F)c1OCc1ccccc1. The van der Waals surface area contributed by atoms with Gasteiger partial charge in [0.25, 0.3) is 0 Å². The molecule has 2 rings (SSSR count). The van der Waals surface area contributed by atoms with Gasteiger partial charge in [0.1, 0.15) is 6.61 Å². The van der Waals surface area contributed by atoms with Crippen molar-refractivity contribution in [3.05, 3.63) is 59.7 Å². The highest BCUT2D eigenvalue weighted by Gasteiger charge is 2.33. The molecule has 0 bridgehead atoms. The Morgan fingerprint density at radius 1 is 1.00 bits per heavy atom. The van der Waals surface area contributed by atoms with Crippen molar-refractivity contribution in [2.45, 2.75) is 13.0 Å². The third kappa shape index (κ3) is 4.24. The molecule has 0 amide bonds. The zero-order valence-corrected chi connectivity index (χ0v) is 10.8. The van der Waals surface area contributed by atoms with Crippen LogP contribution in [0.4, 0.5) is 13.2 Å². The molecule has 2 aromatic rings. The molecule has 0 radical (unpaired) electrons. The van der Waals surface area contributed by atoms with E-state index in [1.54, 1.807) is 30.3 Å². The van der Waals surface area contributed by atoms with E-state index >= 15 is 0 Å². The number of carbonyl (C=O) groups is 1. The van der Waals surface area contributed by atoms with Crippen molar-refractivity contribution >= 4 is 6.29 Å². The second-order valence-corrected chi connectivity index (χ2v) is 4.11. The van der Waals surface area contributed by atoms with Gasteiger partial charge < -0.3 is 9.47 Å². The first-order valence-corrected chi connectivity index (χ1v) is 6.00. The molecule has 0 saturated heterocycles. The fourth-order valence-electron chi connectivity index (χ4n) is 1.71. The molecule has 0 saturated carbocycles. The van der Waals surface area contributed by atoms with Crippen LogP contribution in [0.1, 0.15) is 15.9 Å². The first-order valence-electron chi connectivity index (χ1n) is 6.00. The molecule has 3 nitrogen and oxygen atoms in total. The fourth-order valence-corrected chi connectivity index (χ4v) is 1.71. The van der Waals surface area contributed by atoms with Crippen LogP contribution in [0.25, 0.3) is 0 Å². The first-order chi connectivity index (χ1) is 9.99. The maximum absolute atomic E-state index is 12.4. The summed E-state index contributed by atoms with van der Waals surface area (Å²) in [5.41, 5.74) is 0.754. The lowest BCUT2D eigenvalue weighted by Gasteiger charge is -2.15. The normalized spacial score (nSPS) is 11.0. The van der Waals surface area contributed by atoms with Gasteiger partial charge in [-0.1, -0.05) is 36.4 Å². The zero-order valence-electron chi connectivity index (χ0n) is 10.8. The van der Waals surface area contributed by atoms with Gasteiger partial charge in [0.2, 0.25) is 0 Å². The predicted octanol–water partition coefficient (Wildman–Crippen LogP) is 3.98. The van der Waals surface area contributed by atoms with Gasteiger partial charge in [-0.2, -0.15) is 0 Å². The summed E-state index contributed by atoms with van der Waals surface area (Å²) in [5, 5.41) is 0. The first kappa shape index (κ1) is 14.9. The van der Waals surface area contributed by atoms with E-state index in [9.17, 15) is 18.0 Å². The Labute approximate surface area is 118 Å². The van der Waals surface area contributed by atoms with Crippen LogP contribution in [-0.2, 0) is 6.61 Å². The molecular weight excluding hydrogens is 285 g/mol. The monoisotopic (exact) mass is 296 g/mol. The second kappa shape index (κ2) is 6.30. The minimum absolute atomic E-state index is 0.00678. The van der Waals surface area contributed by atoms with Crippen LogP contribution in [0.15, 0.2) is 48.5 Å². The minimum atomic E-state index is -4.85. The number of halogens is 3. The van der Waals surface area contributed by atoms with Gasteiger partial charge in [0.15, 0.2) is 17.8 Å². The van der Waals surface area contributed by atoms with E-state index in [1.807, 2.05) is 0 Å². The lowest BCUT2D eigenvalue weighted by atomic mass is 10.2. The summed E-state index contributed by atoms with van der Waals surface area (Å²) >= 11 is 0. The van der Waals surface area contributed by atoms with Crippen molar-refractivity contribution < 1.29 is 27.4 Å². The summed E-state index contributed by atoms with van der Waals surface area (Å²) in [6.45, 7) is 0.0277. The molecule has 0 heterocycles. The lowest BCUT2D eigenvalue weighted by Crippen LogP contribution is -2.18. The van der Waals surface area contributed by atoms with Gasteiger partial charge in [0.05, 0.1) is 5.56 Å². The van der Waals surface area contributed by atoms with E-state index in [1.165, 1.54) is 12.1 Å². The Balaban J connectivity index is 2.25.